The van der Waals surface area contributed by atoms with Crippen LogP contribution in [0.25, 0.3) is 0 Å². The fraction of sp³-hybridized carbons (Fsp3) is 0.391. The van der Waals surface area contributed by atoms with Gasteiger partial charge in [-0.3, -0.25) is 14.5 Å². The molecule has 4 rings (SSSR count). The summed E-state index contributed by atoms with van der Waals surface area (Å²) in [7, 11) is 0. The number of carbonyl (C=O) groups excluding carboxylic acids is 2. The van der Waals surface area contributed by atoms with E-state index in [2.05, 4.69) is 14.8 Å². The van der Waals surface area contributed by atoms with Crippen LogP contribution in [-0.2, 0) is 11.3 Å². The number of anilines is 1. The molecule has 6 nitrogen and oxygen atoms in total. The van der Waals surface area contributed by atoms with Crippen LogP contribution in [-0.4, -0.2) is 38.2 Å². The molecule has 0 aliphatic heterocycles. The van der Waals surface area contributed by atoms with E-state index in [9.17, 15) is 9.59 Å². The van der Waals surface area contributed by atoms with E-state index in [1.54, 1.807) is 4.90 Å². The largest absolute Gasteiger partial charge is 0.344 e. The van der Waals surface area contributed by atoms with Crippen molar-refractivity contribution in [2.45, 2.75) is 57.0 Å². The predicted molar refractivity (Wildman–Crippen MR) is 130 cm³/mol. The van der Waals surface area contributed by atoms with Gasteiger partial charge in [-0.15, -0.1) is 10.2 Å². The smallest absolute Gasteiger partial charge is 0.228 e. The highest BCUT2D eigenvalue weighted by molar-refractivity contribution is 8.01. The standard InChI is InChI=1S/C23H25ClN4O2S2/c1-4-21(30)28(17-9-10-17)22-25-26-23(32-22)31-13-20(29)18-11-14(2)27(15(18)3)12-16-7-5-6-8-19(16)24/h5-8,11,17H,4,9-10,12-13H2,1-3H3. The summed E-state index contributed by atoms with van der Waals surface area (Å²) >= 11 is 9.07. The van der Waals surface area contributed by atoms with Crippen molar-refractivity contribution in [3.8, 4) is 0 Å². The highest BCUT2D eigenvalue weighted by Crippen LogP contribution is 2.36. The first-order chi connectivity index (χ1) is 15.4. The number of aryl methyl sites for hydroxylation is 1. The quantitative estimate of drug-likeness (QED) is 0.225. The molecule has 0 atom stereocenters. The van der Waals surface area contributed by atoms with Crippen LogP contribution >= 0.6 is 34.7 Å². The number of nitrogens with zero attached hydrogens (tertiary/aromatic N) is 4. The van der Waals surface area contributed by atoms with Gasteiger partial charge < -0.3 is 4.57 Å². The lowest BCUT2D eigenvalue weighted by molar-refractivity contribution is -0.118. The number of thioether (sulfide) groups is 1. The van der Waals surface area contributed by atoms with Crippen molar-refractivity contribution in [2.24, 2.45) is 0 Å². The number of Topliss-reactive ketones (excluding diaryl/α,β-unsaturated/α-hetero) is 1. The Morgan fingerprint density at radius 3 is 2.69 bits per heavy atom. The molecular formula is C23H25ClN4O2S2. The zero-order valence-electron chi connectivity index (χ0n) is 18.3. The molecule has 168 valence electrons. The molecule has 1 amide bonds. The Morgan fingerprint density at radius 2 is 2.00 bits per heavy atom. The second-order valence-corrected chi connectivity index (χ2v) is 10.5. The molecule has 32 heavy (non-hydrogen) atoms. The van der Waals surface area contributed by atoms with Gasteiger partial charge in [0.1, 0.15) is 0 Å². The first-order valence-electron chi connectivity index (χ1n) is 10.6. The summed E-state index contributed by atoms with van der Waals surface area (Å²) in [5.74, 6) is 0.395. The second kappa shape index (κ2) is 9.77. The minimum Gasteiger partial charge on any atom is -0.344 e. The average Bonchev–Trinajstić information content (AvgIpc) is 3.44. The van der Waals surface area contributed by atoms with Crippen molar-refractivity contribution in [2.75, 3.05) is 10.7 Å². The molecule has 9 heteroatoms. The van der Waals surface area contributed by atoms with E-state index >= 15 is 0 Å². The van der Waals surface area contributed by atoms with Crippen LogP contribution in [0.4, 0.5) is 5.13 Å². The maximum Gasteiger partial charge on any atom is 0.228 e. The molecule has 2 aromatic heterocycles. The van der Waals surface area contributed by atoms with Crippen LogP contribution in [0.5, 0.6) is 0 Å². The van der Waals surface area contributed by atoms with Gasteiger partial charge in [0.2, 0.25) is 11.0 Å². The van der Waals surface area contributed by atoms with Gasteiger partial charge in [-0.1, -0.05) is 59.8 Å². The van der Waals surface area contributed by atoms with Crippen LogP contribution < -0.4 is 4.90 Å². The number of amides is 1. The third-order valence-corrected chi connectivity index (χ3v) is 8.00. The molecule has 2 heterocycles. The summed E-state index contributed by atoms with van der Waals surface area (Å²) in [5.41, 5.74) is 3.69. The van der Waals surface area contributed by atoms with E-state index in [4.69, 9.17) is 11.6 Å². The summed E-state index contributed by atoms with van der Waals surface area (Å²) < 4.78 is 2.82. The van der Waals surface area contributed by atoms with E-state index in [0.29, 0.717) is 28.0 Å². The van der Waals surface area contributed by atoms with Crippen LogP contribution in [0, 0.1) is 13.8 Å². The van der Waals surface area contributed by atoms with E-state index < -0.39 is 0 Å². The summed E-state index contributed by atoms with van der Waals surface area (Å²) in [6.45, 7) is 6.45. The first kappa shape index (κ1) is 23.0. The van der Waals surface area contributed by atoms with Crippen LogP contribution in [0.15, 0.2) is 34.7 Å². The Labute approximate surface area is 201 Å². The van der Waals surface area contributed by atoms with Crippen LogP contribution in [0.2, 0.25) is 5.02 Å². The Hall–Kier alpha value is -2.16. The Balaban J connectivity index is 1.43. The van der Waals surface area contributed by atoms with Crippen molar-refractivity contribution in [3.05, 3.63) is 57.9 Å². The Kier molecular flexibility index (Phi) is 7.02. The minimum absolute atomic E-state index is 0.0499. The Morgan fingerprint density at radius 1 is 1.25 bits per heavy atom. The number of ketones is 1. The molecule has 0 N–H and O–H groups in total. The summed E-state index contributed by atoms with van der Waals surface area (Å²) in [4.78, 5) is 27.0. The second-order valence-electron chi connectivity index (χ2n) is 7.87. The third-order valence-electron chi connectivity index (χ3n) is 5.57. The number of carbonyl (C=O) groups is 2. The summed E-state index contributed by atoms with van der Waals surface area (Å²) in [6.07, 6.45) is 2.47. The zero-order valence-corrected chi connectivity index (χ0v) is 20.7. The predicted octanol–water partition coefficient (Wildman–Crippen LogP) is 5.54. The maximum atomic E-state index is 13.0. The molecule has 0 radical (unpaired) electrons. The monoisotopic (exact) mass is 488 g/mol. The highest BCUT2D eigenvalue weighted by Gasteiger charge is 2.35. The van der Waals surface area contributed by atoms with Crippen molar-refractivity contribution >= 4 is 51.5 Å². The molecule has 0 bridgehead atoms. The lowest BCUT2D eigenvalue weighted by Crippen LogP contribution is -2.32. The lowest BCUT2D eigenvalue weighted by Gasteiger charge is -2.17. The number of rotatable bonds is 9. The van der Waals surface area contributed by atoms with Gasteiger partial charge in [0.15, 0.2) is 10.1 Å². The van der Waals surface area contributed by atoms with E-state index in [-0.39, 0.29) is 23.5 Å². The molecule has 1 fully saturated rings. The van der Waals surface area contributed by atoms with Crippen molar-refractivity contribution in [1.29, 1.82) is 0 Å². The maximum absolute atomic E-state index is 13.0. The average molecular weight is 489 g/mol. The summed E-state index contributed by atoms with van der Waals surface area (Å²) in [6, 6.07) is 9.94. The van der Waals surface area contributed by atoms with Crippen molar-refractivity contribution in [1.82, 2.24) is 14.8 Å². The van der Waals surface area contributed by atoms with Gasteiger partial charge in [-0.2, -0.15) is 0 Å². The van der Waals surface area contributed by atoms with Gasteiger partial charge in [-0.05, 0) is 44.4 Å². The number of halogens is 1. The van der Waals surface area contributed by atoms with Gasteiger partial charge in [0.05, 0.1) is 5.75 Å². The van der Waals surface area contributed by atoms with Gasteiger partial charge in [0.25, 0.3) is 0 Å². The third kappa shape index (κ3) is 4.92. The van der Waals surface area contributed by atoms with Gasteiger partial charge in [0, 0.05) is 41.0 Å². The van der Waals surface area contributed by atoms with Crippen LogP contribution in [0.3, 0.4) is 0 Å². The SMILES string of the molecule is CCC(=O)N(c1nnc(SCC(=O)c2cc(C)n(Cc3ccccc3Cl)c2C)s1)C1CC1. The molecular weight excluding hydrogens is 464 g/mol. The van der Waals surface area contributed by atoms with Crippen molar-refractivity contribution < 1.29 is 9.59 Å². The molecule has 1 aromatic carbocycles. The lowest BCUT2D eigenvalue weighted by atomic mass is 10.2. The molecule has 0 unspecified atom stereocenters. The van der Waals surface area contributed by atoms with Crippen LogP contribution in [0.1, 0.15) is 53.5 Å². The molecule has 1 aliphatic carbocycles. The molecule has 1 aliphatic rings. The highest BCUT2D eigenvalue weighted by atomic mass is 35.5. The fourth-order valence-electron chi connectivity index (χ4n) is 3.66. The number of aromatic nitrogens is 3. The molecule has 0 spiro atoms. The topological polar surface area (TPSA) is 68.1 Å². The van der Waals surface area contributed by atoms with E-state index in [0.717, 1.165) is 34.8 Å². The number of benzene rings is 1. The Bertz CT molecular complexity index is 1150. The fourth-order valence-corrected chi connectivity index (χ4v) is 5.67. The van der Waals surface area contributed by atoms with Gasteiger partial charge in [-0.25, -0.2) is 0 Å². The number of hydrogen-bond donors (Lipinski definition) is 0. The zero-order chi connectivity index (χ0) is 22.8. The normalized spacial score (nSPS) is 13.4. The molecule has 0 saturated heterocycles. The van der Waals surface area contributed by atoms with E-state index in [1.807, 2.05) is 51.1 Å². The summed E-state index contributed by atoms with van der Waals surface area (Å²) in [5, 5.41) is 9.77. The minimum atomic E-state index is 0.0499. The molecule has 3 aromatic rings. The molecule has 1 saturated carbocycles. The number of hydrogen-bond acceptors (Lipinski definition) is 6. The van der Waals surface area contributed by atoms with E-state index in [1.165, 1.54) is 23.1 Å². The van der Waals surface area contributed by atoms with Crippen molar-refractivity contribution in [3.63, 3.8) is 0 Å². The van der Waals surface area contributed by atoms with Gasteiger partial charge >= 0.3 is 0 Å². The first-order valence-corrected chi connectivity index (χ1v) is 12.8.